The fourth-order valence-electron chi connectivity index (χ4n) is 1.91. The van der Waals surface area contributed by atoms with E-state index in [1.54, 1.807) is 24.3 Å². The predicted molar refractivity (Wildman–Crippen MR) is 62.4 cm³/mol. The van der Waals surface area contributed by atoms with E-state index in [2.05, 4.69) is 6.58 Å². The molecule has 0 bridgehead atoms. The van der Waals surface area contributed by atoms with Crippen LogP contribution in [0.1, 0.15) is 17.3 Å². The van der Waals surface area contributed by atoms with E-state index in [9.17, 15) is 14.8 Å². The largest absolute Gasteiger partial charge is 0.285 e. The van der Waals surface area contributed by atoms with E-state index in [1.165, 1.54) is 6.08 Å². The molecule has 4 heteroatoms. The summed E-state index contributed by atoms with van der Waals surface area (Å²) >= 11 is 0. The third-order valence-corrected chi connectivity index (χ3v) is 2.73. The molecule has 0 atom stereocenters. The molecular weight excluding hydrogens is 218 g/mol. The fourth-order valence-corrected chi connectivity index (χ4v) is 1.91. The second-order valence-corrected chi connectivity index (χ2v) is 3.60. The Morgan fingerprint density at radius 2 is 2.00 bits per heavy atom. The first-order valence-electron chi connectivity index (χ1n) is 5.11. The Bertz CT molecular complexity index is 643. The second-order valence-electron chi connectivity index (χ2n) is 3.60. The van der Waals surface area contributed by atoms with E-state index in [0.29, 0.717) is 10.8 Å². The van der Waals surface area contributed by atoms with Crippen molar-refractivity contribution in [2.75, 3.05) is 0 Å². The molecule has 0 spiro atoms. The quantitative estimate of drug-likeness (QED) is 0.552. The Labute approximate surface area is 97.7 Å². The van der Waals surface area contributed by atoms with Gasteiger partial charge >= 0.3 is 0 Å². The summed E-state index contributed by atoms with van der Waals surface area (Å²) < 4.78 is 0. The Hall–Kier alpha value is -2.20. The number of amides is 2. The van der Waals surface area contributed by atoms with Gasteiger partial charge in [-0.25, -0.2) is 0 Å². The van der Waals surface area contributed by atoms with Gasteiger partial charge in [0, 0.05) is 5.22 Å². The Balaban J connectivity index is 3.06. The zero-order valence-corrected chi connectivity index (χ0v) is 9.30. The van der Waals surface area contributed by atoms with Crippen LogP contribution in [-0.4, -0.2) is 22.1 Å². The second kappa shape index (κ2) is 3.99. The lowest BCUT2D eigenvalue weighted by Crippen LogP contribution is -2.47. The van der Waals surface area contributed by atoms with Crippen LogP contribution >= 0.6 is 0 Å². The molecule has 0 aromatic heterocycles. The smallest absolute Gasteiger partial charge is 0.278 e. The fraction of sp³-hybridized carbons (Fsp3) is 0.0769. The number of carbonyl (C=O) groups excluding carboxylic acids is 2. The molecule has 0 unspecified atom stereocenters. The summed E-state index contributed by atoms with van der Waals surface area (Å²) in [6, 6.07) is 5.08. The number of hydroxylamine groups is 2. The lowest BCUT2D eigenvalue weighted by molar-refractivity contribution is -0.147. The van der Waals surface area contributed by atoms with Gasteiger partial charge in [-0.2, -0.15) is 0 Å². The number of hydrogen-bond acceptors (Lipinski definition) is 3. The molecule has 1 aliphatic rings. The van der Waals surface area contributed by atoms with E-state index in [4.69, 9.17) is 0 Å². The maximum atomic E-state index is 11.8. The normalized spacial score (nSPS) is 16.2. The standard InChI is InChI=1S/C13H11NO3/c1-3-8-6-5-7-10-11(8)9(4-2)12(15)14(17)13(10)16/h3-7,17H,2H2,1H3/b8-3-. The topological polar surface area (TPSA) is 57.6 Å². The molecule has 2 amide bonds. The summed E-state index contributed by atoms with van der Waals surface area (Å²) in [5.41, 5.74) is 0.536. The van der Waals surface area contributed by atoms with Crippen molar-refractivity contribution in [3.63, 3.8) is 0 Å². The average molecular weight is 229 g/mol. The molecule has 4 nitrogen and oxygen atoms in total. The van der Waals surface area contributed by atoms with Crippen molar-refractivity contribution in [3.05, 3.63) is 46.9 Å². The predicted octanol–water partition coefficient (Wildman–Crippen LogP) is 0.195. The minimum absolute atomic E-state index is 0.124. The third-order valence-electron chi connectivity index (χ3n) is 2.73. The van der Waals surface area contributed by atoms with Gasteiger partial charge in [-0.15, -0.1) is 5.06 Å². The van der Waals surface area contributed by atoms with Crippen LogP contribution in [-0.2, 0) is 4.79 Å². The van der Waals surface area contributed by atoms with Crippen molar-refractivity contribution in [2.24, 2.45) is 0 Å². The van der Waals surface area contributed by atoms with E-state index in [0.717, 1.165) is 5.22 Å². The molecule has 17 heavy (non-hydrogen) atoms. The van der Waals surface area contributed by atoms with E-state index in [1.807, 2.05) is 6.92 Å². The van der Waals surface area contributed by atoms with Crippen molar-refractivity contribution in [2.45, 2.75) is 6.92 Å². The Morgan fingerprint density at radius 1 is 1.29 bits per heavy atom. The van der Waals surface area contributed by atoms with Crippen LogP contribution in [0.3, 0.4) is 0 Å². The Kier molecular flexibility index (Phi) is 2.65. The maximum absolute atomic E-state index is 11.8. The molecule has 1 aromatic carbocycles. The van der Waals surface area contributed by atoms with E-state index < -0.39 is 11.8 Å². The minimum Gasteiger partial charge on any atom is -0.278 e. The molecule has 0 aliphatic carbocycles. The Morgan fingerprint density at radius 3 is 2.59 bits per heavy atom. The lowest BCUT2D eigenvalue weighted by Gasteiger charge is -2.19. The molecule has 1 N–H and O–H groups in total. The van der Waals surface area contributed by atoms with Crippen LogP contribution in [0.15, 0.2) is 30.9 Å². The van der Waals surface area contributed by atoms with Gasteiger partial charge in [0.05, 0.1) is 11.1 Å². The highest BCUT2D eigenvalue weighted by Crippen LogP contribution is 2.10. The SMILES string of the molecule is C=CC1=c2c(ccc/c2=C/C)C(=O)N(O)C1=O. The first-order chi connectivity index (χ1) is 8.11. The van der Waals surface area contributed by atoms with Gasteiger partial charge in [-0.1, -0.05) is 30.9 Å². The summed E-state index contributed by atoms with van der Waals surface area (Å²) in [6.45, 7) is 5.36. The molecule has 1 heterocycles. The lowest BCUT2D eigenvalue weighted by atomic mass is 9.99. The summed E-state index contributed by atoms with van der Waals surface area (Å²) in [5.74, 6) is -1.45. The summed E-state index contributed by atoms with van der Waals surface area (Å²) in [7, 11) is 0. The van der Waals surface area contributed by atoms with Crippen LogP contribution in [0.2, 0.25) is 0 Å². The van der Waals surface area contributed by atoms with Crippen LogP contribution < -0.4 is 10.4 Å². The highest BCUT2D eigenvalue weighted by Gasteiger charge is 2.30. The number of imide groups is 1. The monoisotopic (exact) mass is 229 g/mol. The van der Waals surface area contributed by atoms with Crippen molar-refractivity contribution < 1.29 is 14.8 Å². The molecule has 1 aromatic rings. The average Bonchev–Trinajstić information content (AvgIpc) is 2.36. The maximum Gasteiger partial charge on any atom is 0.285 e. The van der Waals surface area contributed by atoms with Crippen molar-refractivity contribution in [1.82, 2.24) is 5.06 Å². The van der Waals surface area contributed by atoms with Gasteiger partial charge < -0.3 is 0 Å². The molecule has 1 aliphatic heterocycles. The van der Waals surface area contributed by atoms with Crippen LogP contribution in [0.25, 0.3) is 11.6 Å². The van der Waals surface area contributed by atoms with E-state index >= 15 is 0 Å². The van der Waals surface area contributed by atoms with Gasteiger partial charge in [0.1, 0.15) is 0 Å². The van der Waals surface area contributed by atoms with E-state index in [-0.39, 0.29) is 10.6 Å². The first kappa shape index (κ1) is 11.3. The highest BCUT2D eigenvalue weighted by molar-refractivity contribution is 6.26. The van der Waals surface area contributed by atoms with Gasteiger partial charge in [-0.3, -0.25) is 14.8 Å². The molecule has 2 rings (SSSR count). The molecule has 0 radical (unpaired) electrons. The minimum atomic E-state index is -0.744. The third kappa shape index (κ3) is 1.50. The van der Waals surface area contributed by atoms with Gasteiger partial charge in [-0.05, 0) is 18.2 Å². The molecule has 0 saturated heterocycles. The highest BCUT2D eigenvalue weighted by atomic mass is 16.5. The van der Waals surface area contributed by atoms with Crippen LogP contribution in [0.5, 0.6) is 0 Å². The van der Waals surface area contributed by atoms with Crippen LogP contribution in [0, 0.1) is 0 Å². The molecule has 0 fully saturated rings. The van der Waals surface area contributed by atoms with Crippen molar-refractivity contribution in [1.29, 1.82) is 0 Å². The van der Waals surface area contributed by atoms with Gasteiger partial charge in [0.15, 0.2) is 0 Å². The number of hydrogen-bond donors (Lipinski definition) is 1. The van der Waals surface area contributed by atoms with Crippen molar-refractivity contribution in [3.8, 4) is 0 Å². The van der Waals surface area contributed by atoms with Gasteiger partial charge in [0.2, 0.25) is 0 Å². The van der Waals surface area contributed by atoms with Crippen molar-refractivity contribution >= 4 is 23.5 Å². The van der Waals surface area contributed by atoms with Gasteiger partial charge in [0.25, 0.3) is 11.8 Å². The summed E-state index contributed by atoms with van der Waals surface area (Å²) in [4.78, 5) is 23.5. The molecular formula is C13H11NO3. The number of fused-ring (bicyclic) bond motifs is 1. The zero-order chi connectivity index (χ0) is 12.6. The summed E-state index contributed by atoms with van der Waals surface area (Å²) in [6.07, 6.45) is 3.15. The number of nitrogens with zero attached hydrogens (tertiary/aromatic N) is 1. The number of carbonyl (C=O) groups is 2. The number of benzene rings is 1. The molecule has 0 saturated carbocycles. The van der Waals surface area contributed by atoms with Crippen LogP contribution in [0.4, 0.5) is 0 Å². The zero-order valence-electron chi connectivity index (χ0n) is 9.30. The number of rotatable bonds is 1. The first-order valence-corrected chi connectivity index (χ1v) is 5.11. The summed E-state index contributed by atoms with van der Waals surface area (Å²) in [5, 5.41) is 10.8. The molecule has 86 valence electrons.